The fourth-order valence-corrected chi connectivity index (χ4v) is 3.41. The Bertz CT molecular complexity index is 804. The van der Waals surface area contributed by atoms with Crippen LogP contribution in [0.5, 0.6) is 0 Å². The van der Waals surface area contributed by atoms with Crippen molar-refractivity contribution in [1.29, 1.82) is 5.41 Å². The first kappa shape index (κ1) is 22.5. The van der Waals surface area contributed by atoms with Crippen LogP contribution in [0.25, 0.3) is 5.57 Å². The number of carbonyl (C=O) groups excluding carboxylic acids is 1. The summed E-state index contributed by atoms with van der Waals surface area (Å²) >= 11 is 0. The third kappa shape index (κ3) is 5.84. The molecule has 0 atom stereocenters. The summed E-state index contributed by atoms with van der Waals surface area (Å²) in [4.78, 5) is 16.5. The molecule has 1 aromatic rings. The van der Waals surface area contributed by atoms with Crippen molar-refractivity contribution in [3.8, 4) is 0 Å². The minimum Gasteiger partial charge on any atom is -0.385 e. The zero-order valence-electron chi connectivity index (χ0n) is 18.0. The lowest BCUT2D eigenvalue weighted by molar-refractivity contribution is 0.1000. The van der Waals surface area contributed by atoms with Gasteiger partial charge in [-0.2, -0.15) is 0 Å². The predicted octanol–water partition coefficient (Wildman–Crippen LogP) is 2.44. The van der Waals surface area contributed by atoms with Gasteiger partial charge in [0.15, 0.2) is 0 Å². The maximum absolute atomic E-state index is 11.9. The van der Waals surface area contributed by atoms with Gasteiger partial charge in [0.1, 0.15) is 0 Å². The van der Waals surface area contributed by atoms with E-state index in [0.717, 1.165) is 55.4 Å². The molecule has 0 unspecified atom stereocenters. The second-order valence-electron chi connectivity index (χ2n) is 7.66. The molecule has 0 saturated carbocycles. The summed E-state index contributed by atoms with van der Waals surface area (Å²) in [6.45, 7) is 13.1. The fourth-order valence-electron chi connectivity index (χ4n) is 3.41. The molecule has 158 valence electrons. The Hall–Kier alpha value is -2.80. The smallest absolute Gasteiger partial charge is 0.249 e. The lowest BCUT2D eigenvalue weighted by atomic mass is 9.97. The van der Waals surface area contributed by atoms with E-state index in [0.29, 0.717) is 11.1 Å². The lowest BCUT2D eigenvalue weighted by Crippen LogP contribution is -2.46. The standard InChI is InChI=1S/C22H34N6O/c1-5-27-8-10-28(11-9-27)21(24)7-6-16(4)17-12-18(22(25)29)19(14-23)20(13-17)26-15(2)3/h6-7,12-15,23,26H,5,8-11,24H2,1-4H3,(H2,25,29)/b16-6+,21-7+,23-14?. The number of carbonyl (C=O) groups is 1. The summed E-state index contributed by atoms with van der Waals surface area (Å²) in [5, 5.41) is 11.0. The second-order valence-corrected chi connectivity index (χ2v) is 7.66. The molecule has 6 N–H and O–H groups in total. The zero-order valence-corrected chi connectivity index (χ0v) is 18.0. The monoisotopic (exact) mass is 398 g/mol. The van der Waals surface area contributed by atoms with Gasteiger partial charge in [-0.1, -0.05) is 13.0 Å². The van der Waals surface area contributed by atoms with E-state index in [1.54, 1.807) is 6.07 Å². The van der Waals surface area contributed by atoms with Gasteiger partial charge in [0.2, 0.25) is 5.91 Å². The Kier molecular flexibility index (Phi) is 7.84. The average molecular weight is 399 g/mol. The lowest BCUT2D eigenvalue weighted by Gasteiger charge is -2.35. The topological polar surface area (TPSA) is 111 Å². The molecule has 7 heteroatoms. The number of amides is 1. The number of anilines is 1. The van der Waals surface area contributed by atoms with Crippen molar-refractivity contribution in [1.82, 2.24) is 9.80 Å². The van der Waals surface area contributed by atoms with E-state index in [9.17, 15) is 4.79 Å². The van der Waals surface area contributed by atoms with Gasteiger partial charge in [0.05, 0.1) is 11.4 Å². The number of primary amides is 1. The van der Waals surface area contributed by atoms with E-state index >= 15 is 0 Å². The van der Waals surface area contributed by atoms with Crippen molar-refractivity contribution in [3.63, 3.8) is 0 Å². The molecule has 0 radical (unpaired) electrons. The van der Waals surface area contributed by atoms with Crippen LogP contribution >= 0.6 is 0 Å². The summed E-state index contributed by atoms with van der Waals surface area (Å²) in [6, 6.07) is 3.85. The van der Waals surface area contributed by atoms with Gasteiger partial charge < -0.3 is 32.0 Å². The van der Waals surface area contributed by atoms with Crippen LogP contribution in [0.2, 0.25) is 0 Å². The number of nitrogens with two attached hydrogens (primary N) is 2. The molecule has 7 nitrogen and oxygen atoms in total. The van der Waals surface area contributed by atoms with Crippen molar-refractivity contribution < 1.29 is 4.79 Å². The Morgan fingerprint density at radius 3 is 2.38 bits per heavy atom. The molecule has 2 rings (SSSR count). The number of hydrogen-bond acceptors (Lipinski definition) is 6. The maximum atomic E-state index is 11.9. The largest absolute Gasteiger partial charge is 0.385 e. The molecule has 0 aromatic heterocycles. The summed E-state index contributed by atoms with van der Waals surface area (Å²) in [7, 11) is 0. The minimum absolute atomic E-state index is 0.159. The van der Waals surface area contributed by atoms with E-state index in [1.807, 2.05) is 39.0 Å². The summed E-state index contributed by atoms with van der Waals surface area (Å²) in [5.41, 5.74) is 15.3. The molecule has 29 heavy (non-hydrogen) atoms. The Labute approximate surface area is 173 Å². The molecule has 1 aliphatic heterocycles. The molecule has 1 amide bonds. The number of rotatable bonds is 8. The molecule has 1 fully saturated rings. The van der Waals surface area contributed by atoms with Gasteiger partial charge in [0, 0.05) is 49.7 Å². The number of likely N-dealkylation sites (N-methyl/N-ethyl adjacent to an activating group) is 1. The highest BCUT2D eigenvalue weighted by atomic mass is 16.1. The molecule has 0 aliphatic carbocycles. The van der Waals surface area contributed by atoms with Crippen molar-refractivity contribution in [2.45, 2.75) is 33.7 Å². The first-order valence-corrected chi connectivity index (χ1v) is 10.1. The average Bonchev–Trinajstić information content (AvgIpc) is 2.70. The number of piperazine rings is 1. The van der Waals surface area contributed by atoms with Crippen molar-refractivity contribution in [2.75, 3.05) is 38.0 Å². The second kappa shape index (κ2) is 10.1. The first-order valence-electron chi connectivity index (χ1n) is 10.1. The molecule has 0 bridgehead atoms. The number of hydrogen-bond donors (Lipinski definition) is 4. The van der Waals surface area contributed by atoms with E-state index in [1.165, 1.54) is 6.21 Å². The van der Waals surface area contributed by atoms with Gasteiger partial charge in [-0.15, -0.1) is 0 Å². The van der Waals surface area contributed by atoms with Crippen LogP contribution in [-0.4, -0.2) is 60.7 Å². The normalized spacial score (nSPS) is 16.2. The number of allylic oxidation sites excluding steroid dienone is 3. The molecule has 1 heterocycles. The number of nitrogens with one attached hydrogen (secondary N) is 2. The molecule has 0 spiro atoms. The summed E-state index contributed by atoms with van der Waals surface area (Å²) in [6.07, 6.45) is 5.05. The highest BCUT2D eigenvalue weighted by Crippen LogP contribution is 2.26. The summed E-state index contributed by atoms with van der Waals surface area (Å²) in [5.74, 6) is 0.195. The third-order valence-corrected chi connectivity index (χ3v) is 5.18. The van der Waals surface area contributed by atoms with Crippen molar-refractivity contribution in [3.05, 3.63) is 46.8 Å². The molecular weight excluding hydrogens is 364 g/mol. The third-order valence-electron chi connectivity index (χ3n) is 5.18. The molecule has 1 saturated heterocycles. The SMILES string of the molecule is CCN1CCN(/C(N)=C/C=C(\C)c2cc(NC(C)C)c(C=N)c(C(N)=O)c2)CC1. The molecular formula is C22H34N6O. The van der Waals surface area contributed by atoms with Crippen molar-refractivity contribution >= 4 is 23.4 Å². The summed E-state index contributed by atoms with van der Waals surface area (Å²) < 4.78 is 0. The number of benzene rings is 1. The van der Waals surface area contributed by atoms with Crippen LogP contribution in [0.1, 0.15) is 49.2 Å². The van der Waals surface area contributed by atoms with Gasteiger partial charge in [-0.3, -0.25) is 4.79 Å². The van der Waals surface area contributed by atoms with Crippen LogP contribution in [0.4, 0.5) is 5.69 Å². The Morgan fingerprint density at radius 2 is 1.86 bits per heavy atom. The number of nitrogens with zero attached hydrogens (tertiary/aromatic N) is 2. The first-order chi connectivity index (χ1) is 13.8. The van der Waals surface area contributed by atoms with E-state index in [2.05, 4.69) is 22.0 Å². The van der Waals surface area contributed by atoms with E-state index in [-0.39, 0.29) is 6.04 Å². The van der Waals surface area contributed by atoms with Gasteiger partial charge in [-0.05, 0) is 56.7 Å². The Balaban J connectivity index is 2.31. The van der Waals surface area contributed by atoms with Gasteiger partial charge >= 0.3 is 0 Å². The van der Waals surface area contributed by atoms with E-state index in [4.69, 9.17) is 16.9 Å². The Morgan fingerprint density at radius 1 is 1.21 bits per heavy atom. The van der Waals surface area contributed by atoms with E-state index < -0.39 is 5.91 Å². The highest BCUT2D eigenvalue weighted by Gasteiger charge is 2.16. The molecule has 1 aliphatic rings. The highest BCUT2D eigenvalue weighted by molar-refractivity contribution is 6.05. The zero-order chi connectivity index (χ0) is 21.6. The van der Waals surface area contributed by atoms with Crippen LogP contribution in [0, 0.1) is 5.41 Å². The minimum atomic E-state index is -0.547. The maximum Gasteiger partial charge on any atom is 0.249 e. The fraction of sp³-hybridized carbons (Fsp3) is 0.455. The van der Waals surface area contributed by atoms with Crippen LogP contribution in [0.15, 0.2) is 30.1 Å². The van der Waals surface area contributed by atoms with Crippen LogP contribution in [-0.2, 0) is 0 Å². The quantitative estimate of drug-likeness (QED) is 0.397. The van der Waals surface area contributed by atoms with Crippen LogP contribution in [0.3, 0.4) is 0 Å². The van der Waals surface area contributed by atoms with Gasteiger partial charge in [-0.25, -0.2) is 0 Å². The molecule has 1 aromatic carbocycles. The van der Waals surface area contributed by atoms with Crippen molar-refractivity contribution in [2.24, 2.45) is 11.5 Å². The van der Waals surface area contributed by atoms with Gasteiger partial charge in [0.25, 0.3) is 0 Å². The predicted molar refractivity (Wildman–Crippen MR) is 121 cm³/mol. The van der Waals surface area contributed by atoms with Crippen LogP contribution < -0.4 is 16.8 Å².